The van der Waals surface area contributed by atoms with E-state index in [1.54, 1.807) is 44.4 Å². The van der Waals surface area contributed by atoms with E-state index in [1.807, 2.05) is 0 Å². The average Bonchev–Trinajstić information content (AvgIpc) is 3.33. The van der Waals surface area contributed by atoms with Gasteiger partial charge in [-0.05, 0) is 38.1 Å². The number of hydrogen-bond donors (Lipinski definition) is 3. The van der Waals surface area contributed by atoms with Crippen LogP contribution in [0.15, 0.2) is 49.4 Å². The quantitative estimate of drug-likeness (QED) is 0.450. The summed E-state index contributed by atoms with van der Waals surface area (Å²) in [6.45, 7) is 3.54. The van der Waals surface area contributed by atoms with Gasteiger partial charge in [0.05, 0.1) is 28.1 Å². The number of carbonyl (C=O) groups excluding carboxylic acids is 1. The number of H-pyrrole nitrogens is 2. The van der Waals surface area contributed by atoms with Gasteiger partial charge in [-0.1, -0.05) is 11.8 Å². The lowest BCUT2D eigenvalue weighted by atomic mass is 10.2. The molecule has 1 amide bonds. The number of aromatic nitrogens is 4. The zero-order valence-electron chi connectivity index (χ0n) is 14.4. The van der Waals surface area contributed by atoms with E-state index in [0.717, 1.165) is 17.3 Å². The summed E-state index contributed by atoms with van der Waals surface area (Å²) in [7, 11) is 0. The summed E-state index contributed by atoms with van der Waals surface area (Å²) in [4.78, 5) is 29.0. The van der Waals surface area contributed by atoms with Crippen LogP contribution < -0.4 is 11.0 Å². The molecular formula is C17H15N5O4S. The number of imidazole rings is 1. The van der Waals surface area contributed by atoms with Gasteiger partial charge in [0.25, 0.3) is 11.1 Å². The monoisotopic (exact) mass is 385 g/mol. The molecule has 0 bridgehead atoms. The number of aromatic amines is 2. The van der Waals surface area contributed by atoms with E-state index < -0.39 is 5.25 Å². The van der Waals surface area contributed by atoms with Crippen molar-refractivity contribution in [1.29, 1.82) is 0 Å². The molecule has 1 atom stereocenters. The topological polar surface area (TPSA) is 130 Å². The third kappa shape index (κ3) is 3.51. The number of carbonyl (C=O) groups is 1. The van der Waals surface area contributed by atoms with Crippen molar-refractivity contribution in [3.63, 3.8) is 0 Å². The number of thioether (sulfide) groups is 1. The maximum Gasteiger partial charge on any atom is 0.323 e. The molecule has 0 aliphatic rings. The molecule has 0 radical (unpaired) electrons. The van der Waals surface area contributed by atoms with E-state index in [-0.39, 0.29) is 11.6 Å². The van der Waals surface area contributed by atoms with Crippen LogP contribution in [0.1, 0.15) is 12.7 Å². The predicted molar refractivity (Wildman–Crippen MR) is 99.6 cm³/mol. The minimum Gasteiger partial charge on any atom is -0.469 e. The van der Waals surface area contributed by atoms with E-state index in [4.69, 9.17) is 8.83 Å². The maximum absolute atomic E-state index is 12.4. The first-order valence-electron chi connectivity index (χ1n) is 8.07. The first kappa shape index (κ1) is 17.2. The molecule has 0 unspecified atom stereocenters. The normalized spacial score (nSPS) is 12.4. The fraction of sp³-hybridized carbons (Fsp3) is 0.176. The lowest BCUT2D eigenvalue weighted by Gasteiger charge is -2.09. The molecule has 0 spiro atoms. The van der Waals surface area contributed by atoms with Gasteiger partial charge in [-0.3, -0.25) is 4.79 Å². The number of fused-ring (bicyclic) bond motifs is 1. The zero-order chi connectivity index (χ0) is 19.0. The van der Waals surface area contributed by atoms with E-state index in [2.05, 4.69) is 25.5 Å². The molecule has 0 aliphatic carbocycles. The lowest BCUT2D eigenvalue weighted by molar-refractivity contribution is -0.115. The molecule has 0 saturated carbocycles. The maximum atomic E-state index is 12.4. The first-order valence-corrected chi connectivity index (χ1v) is 8.95. The summed E-state index contributed by atoms with van der Waals surface area (Å²) in [6.07, 6.45) is 1.55. The standard InChI is InChI=1S/C17H15N5O4S/c1-8-11(5-6-25-8)15-21-22-17(26-15)27-9(2)14(23)18-10-3-4-12-13(7-10)20-16(24)19-12/h3-7,9H,1-2H3,(H,18,23)(H2,19,20,24)/t9-/m0/s1. The highest BCUT2D eigenvalue weighted by atomic mass is 32.2. The third-order valence-corrected chi connectivity index (χ3v) is 4.86. The molecule has 4 rings (SSSR count). The van der Waals surface area contributed by atoms with Crippen LogP contribution in [0.5, 0.6) is 0 Å². The average molecular weight is 385 g/mol. The van der Waals surface area contributed by atoms with E-state index >= 15 is 0 Å². The summed E-state index contributed by atoms with van der Waals surface area (Å²) >= 11 is 1.16. The van der Waals surface area contributed by atoms with Gasteiger partial charge in [0.2, 0.25) is 5.91 Å². The Morgan fingerprint density at radius 1 is 1.22 bits per heavy atom. The molecule has 3 N–H and O–H groups in total. The van der Waals surface area contributed by atoms with Crippen LogP contribution in [0.2, 0.25) is 0 Å². The van der Waals surface area contributed by atoms with Crippen molar-refractivity contribution in [2.24, 2.45) is 0 Å². The van der Waals surface area contributed by atoms with Crippen LogP contribution in [0, 0.1) is 6.92 Å². The fourth-order valence-electron chi connectivity index (χ4n) is 2.53. The van der Waals surface area contributed by atoms with Crippen molar-refractivity contribution in [1.82, 2.24) is 20.2 Å². The van der Waals surface area contributed by atoms with E-state index in [9.17, 15) is 9.59 Å². The fourth-order valence-corrected chi connectivity index (χ4v) is 3.22. The molecule has 10 heteroatoms. The minimum absolute atomic E-state index is 0.225. The highest BCUT2D eigenvalue weighted by Crippen LogP contribution is 2.28. The number of hydrogen-bond acceptors (Lipinski definition) is 7. The molecule has 0 saturated heterocycles. The lowest BCUT2D eigenvalue weighted by Crippen LogP contribution is -2.22. The van der Waals surface area contributed by atoms with Crippen LogP contribution in [0.3, 0.4) is 0 Å². The van der Waals surface area contributed by atoms with Gasteiger partial charge in [0.1, 0.15) is 5.76 Å². The molecular weight excluding hydrogens is 370 g/mol. The van der Waals surface area contributed by atoms with Crippen molar-refractivity contribution < 1.29 is 13.6 Å². The largest absolute Gasteiger partial charge is 0.469 e. The van der Waals surface area contributed by atoms with E-state index in [1.165, 1.54) is 0 Å². The summed E-state index contributed by atoms with van der Waals surface area (Å²) in [6, 6.07) is 6.87. The molecule has 3 aromatic heterocycles. The van der Waals surface area contributed by atoms with Crippen molar-refractivity contribution >= 4 is 34.4 Å². The number of furan rings is 1. The summed E-state index contributed by atoms with van der Waals surface area (Å²) in [5.41, 5.74) is 2.30. The Hall–Kier alpha value is -3.27. The molecule has 0 fully saturated rings. The minimum atomic E-state index is -0.468. The number of benzene rings is 1. The molecule has 138 valence electrons. The van der Waals surface area contributed by atoms with Gasteiger partial charge < -0.3 is 24.1 Å². The molecule has 1 aromatic carbocycles. The number of aryl methyl sites for hydroxylation is 1. The molecule has 0 aliphatic heterocycles. The highest BCUT2D eigenvalue weighted by Gasteiger charge is 2.20. The Balaban J connectivity index is 1.43. The summed E-state index contributed by atoms with van der Waals surface area (Å²) < 4.78 is 10.8. The molecule has 4 aromatic rings. The van der Waals surface area contributed by atoms with Gasteiger partial charge in [-0.2, -0.15) is 0 Å². The number of nitrogens with zero attached hydrogens (tertiary/aromatic N) is 2. The summed E-state index contributed by atoms with van der Waals surface area (Å²) in [5.74, 6) is 0.800. The van der Waals surface area contributed by atoms with E-state index in [0.29, 0.717) is 33.6 Å². The summed E-state index contributed by atoms with van der Waals surface area (Å²) in [5, 5.41) is 10.6. The number of anilines is 1. The molecule has 27 heavy (non-hydrogen) atoms. The van der Waals surface area contributed by atoms with Crippen molar-refractivity contribution in [2.75, 3.05) is 5.32 Å². The van der Waals surface area contributed by atoms with Gasteiger partial charge in [-0.15, -0.1) is 10.2 Å². The van der Waals surface area contributed by atoms with Crippen LogP contribution in [-0.2, 0) is 4.79 Å². The van der Waals surface area contributed by atoms with Crippen molar-refractivity contribution in [3.05, 3.63) is 46.8 Å². The first-order chi connectivity index (χ1) is 13.0. The van der Waals surface area contributed by atoms with Crippen molar-refractivity contribution in [3.8, 4) is 11.5 Å². The Labute approximate surface area is 156 Å². The van der Waals surface area contributed by atoms with Crippen molar-refractivity contribution in [2.45, 2.75) is 24.3 Å². The molecule has 9 nitrogen and oxygen atoms in total. The second kappa shape index (κ2) is 6.80. The molecule has 3 heterocycles. The van der Waals surface area contributed by atoms with Crippen LogP contribution in [0.25, 0.3) is 22.5 Å². The van der Waals surface area contributed by atoms with Gasteiger partial charge in [0, 0.05) is 5.69 Å². The number of nitrogens with one attached hydrogen (secondary N) is 3. The Bertz CT molecular complexity index is 1170. The Morgan fingerprint density at radius 3 is 2.81 bits per heavy atom. The predicted octanol–water partition coefficient (Wildman–Crippen LogP) is 2.93. The zero-order valence-corrected chi connectivity index (χ0v) is 15.2. The SMILES string of the molecule is Cc1occc1-c1nnc(S[C@@H](C)C(=O)Nc2ccc3[nH]c(=O)[nH]c3c2)o1. The van der Waals surface area contributed by atoms with Crippen LogP contribution >= 0.6 is 11.8 Å². The number of amides is 1. The second-order valence-corrected chi connectivity index (χ2v) is 7.14. The van der Waals surface area contributed by atoms with Gasteiger partial charge >= 0.3 is 5.69 Å². The van der Waals surface area contributed by atoms with Crippen LogP contribution in [0.4, 0.5) is 5.69 Å². The number of rotatable bonds is 5. The van der Waals surface area contributed by atoms with Crippen LogP contribution in [-0.4, -0.2) is 31.3 Å². The van der Waals surface area contributed by atoms with Gasteiger partial charge in [0.15, 0.2) is 0 Å². The Kier molecular flexibility index (Phi) is 4.32. The third-order valence-electron chi connectivity index (χ3n) is 3.93. The van der Waals surface area contributed by atoms with Gasteiger partial charge in [-0.25, -0.2) is 4.79 Å². The smallest absolute Gasteiger partial charge is 0.323 e. The second-order valence-electron chi connectivity index (χ2n) is 5.85. The highest BCUT2D eigenvalue weighted by molar-refractivity contribution is 8.00. The Morgan fingerprint density at radius 2 is 2.04 bits per heavy atom.